The molecule has 0 radical (unpaired) electrons. The SMILES string of the molecule is Cc1ccccc1NS(=O)(=O)c1cc(C(=O)N(C)Cc2ccc(Cl)cc2)ccc1Cl. The molecule has 0 fully saturated rings. The van der Waals surface area contributed by atoms with Gasteiger partial charge >= 0.3 is 0 Å². The first-order chi connectivity index (χ1) is 14.2. The van der Waals surface area contributed by atoms with E-state index in [0.29, 0.717) is 17.3 Å². The van der Waals surface area contributed by atoms with Crippen LogP contribution in [-0.2, 0) is 16.6 Å². The predicted molar refractivity (Wildman–Crippen MR) is 121 cm³/mol. The lowest BCUT2D eigenvalue weighted by atomic mass is 10.1. The highest BCUT2D eigenvalue weighted by Gasteiger charge is 2.22. The van der Waals surface area contributed by atoms with Gasteiger partial charge in [0.1, 0.15) is 4.90 Å². The summed E-state index contributed by atoms with van der Waals surface area (Å²) in [4.78, 5) is 14.2. The highest BCUT2D eigenvalue weighted by atomic mass is 35.5. The number of benzene rings is 3. The Bertz CT molecular complexity index is 1180. The molecule has 3 aromatic carbocycles. The van der Waals surface area contributed by atoms with Gasteiger partial charge in [-0.2, -0.15) is 0 Å². The van der Waals surface area contributed by atoms with E-state index in [4.69, 9.17) is 23.2 Å². The van der Waals surface area contributed by atoms with Gasteiger partial charge in [0.25, 0.3) is 15.9 Å². The highest BCUT2D eigenvalue weighted by Crippen LogP contribution is 2.27. The molecule has 0 aromatic heterocycles. The van der Waals surface area contributed by atoms with Crippen LogP contribution in [0.2, 0.25) is 10.0 Å². The van der Waals surface area contributed by atoms with Gasteiger partial charge in [0.15, 0.2) is 0 Å². The van der Waals surface area contributed by atoms with Crippen LogP contribution in [0.4, 0.5) is 5.69 Å². The number of nitrogens with one attached hydrogen (secondary N) is 1. The monoisotopic (exact) mass is 462 g/mol. The first kappa shape index (κ1) is 22.2. The van der Waals surface area contributed by atoms with Crippen molar-refractivity contribution in [1.82, 2.24) is 4.90 Å². The standard InChI is InChI=1S/C22H20Cl2N2O3S/c1-15-5-3-4-6-20(15)25-30(28,29)21-13-17(9-12-19(21)24)22(27)26(2)14-16-7-10-18(23)11-8-16/h3-13,25H,14H2,1-2H3. The molecule has 30 heavy (non-hydrogen) atoms. The normalized spacial score (nSPS) is 11.2. The van der Waals surface area contributed by atoms with E-state index in [0.717, 1.165) is 11.1 Å². The van der Waals surface area contributed by atoms with Crippen LogP contribution in [0.15, 0.2) is 71.6 Å². The lowest BCUT2D eigenvalue weighted by Crippen LogP contribution is -2.26. The van der Waals surface area contributed by atoms with Crippen molar-refractivity contribution in [2.45, 2.75) is 18.4 Å². The summed E-state index contributed by atoms with van der Waals surface area (Å²) in [5.41, 5.74) is 2.34. The average molecular weight is 463 g/mol. The molecule has 0 saturated heterocycles. The van der Waals surface area contributed by atoms with E-state index < -0.39 is 10.0 Å². The summed E-state index contributed by atoms with van der Waals surface area (Å²) in [6.45, 7) is 2.15. The van der Waals surface area contributed by atoms with Crippen LogP contribution in [0.5, 0.6) is 0 Å². The van der Waals surface area contributed by atoms with Crippen molar-refractivity contribution in [3.63, 3.8) is 0 Å². The molecule has 0 aliphatic carbocycles. The van der Waals surface area contributed by atoms with Crippen LogP contribution in [0.3, 0.4) is 0 Å². The van der Waals surface area contributed by atoms with E-state index in [-0.39, 0.29) is 21.4 Å². The molecular weight excluding hydrogens is 443 g/mol. The van der Waals surface area contributed by atoms with E-state index in [1.54, 1.807) is 44.3 Å². The Morgan fingerprint density at radius 1 is 1.00 bits per heavy atom. The molecule has 0 spiro atoms. The Morgan fingerprint density at radius 2 is 1.67 bits per heavy atom. The number of nitrogens with zero attached hydrogens (tertiary/aromatic N) is 1. The van der Waals surface area contributed by atoms with Crippen LogP contribution in [0, 0.1) is 6.92 Å². The summed E-state index contributed by atoms with van der Waals surface area (Å²) in [5.74, 6) is -0.325. The third-order valence-corrected chi connectivity index (χ3v) is 6.64. The van der Waals surface area contributed by atoms with Gasteiger partial charge in [0, 0.05) is 24.2 Å². The summed E-state index contributed by atoms with van der Waals surface area (Å²) in [6.07, 6.45) is 0. The van der Waals surface area contributed by atoms with Crippen LogP contribution < -0.4 is 4.72 Å². The van der Waals surface area contributed by atoms with Gasteiger partial charge in [-0.15, -0.1) is 0 Å². The van der Waals surface area contributed by atoms with Gasteiger partial charge in [-0.25, -0.2) is 8.42 Å². The molecule has 3 aromatic rings. The number of hydrogen-bond acceptors (Lipinski definition) is 3. The number of rotatable bonds is 6. The third-order valence-electron chi connectivity index (χ3n) is 4.54. The average Bonchev–Trinajstić information content (AvgIpc) is 2.71. The zero-order chi connectivity index (χ0) is 21.9. The van der Waals surface area contributed by atoms with Gasteiger partial charge in [-0.05, 0) is 54.4 Å². The van der Waals surface area contributed by atoms with Crippen LogP contribution >= 0.6 is 23.2 Å². The summed E-state index contributed by atoms with van der Waals surface area (Å²) in [7, 11) is -2.34. The Balaban J connectivity index is 1.85. The van der Waals surface area contributed by atoms with Crippen molar-refractivity contribution in [2.75, 3.05) is 11.8 Å². The quantitative estimate of drug-likeness (QED) is 0.534. The number of carbonyl (C=O) groups excluding carboxylic acids is 1. The van der Waals surface area contributed by atoms with Crippen molar-refractivity contribution in [3.05, 3.63) is 93.5 Å². The summed E-state index contributed by atoms with van der Waals surface area (Å²) in [6, 6.07) is 18.4. The first-order valence-electron chi connectivity index (χ1n) is 9.05. The molecule has 0 saturated carbocycles. The van der Waals surface area contributed by atoms with Gasteiger partial charge < -0.3 is 4.90 Å². The van der Waals surface area contributed by atoms with Crippen LogP contribution in [0.1, 0.15) is 21.5 Å². The minimum Gasteiger partial charge on any atom is -0.337 e. The van der Waals surface area contributed by atoms with Gasteiger partial charge in [0.05, 0.1) is 10.7 Å². The molecular formula is C22H20Cl2N2O3S. The largest absolute Gasteiger partial charge is 0.337 e. The fourth-order valence-electron chi connectivity index (χ4n) is 2.89. The number of halogens is 2. The van der Waals surface area contributed by atoms with Crippen LogP contribution in [-0.4, -0.2) is 26.3 Å². The van der Waals surface area contributed by atoms with Gasteiger partial charge in [-0.1, -0.05) is 53.5 Å². The Morgan fingerprint density at radius 3 is 2.33 bits per heavy atom. The van der Waals surface area contributed by atoms with Crippen molar-refractivity contribution in [2.24, 2.45) is 0 Å². The molecule has 3 rings (SSSR count). The van der Waals surface area contributed by atoms with Crippen molar-refractivity contribution in [1.29, 1.82) is 0 Å². The minimum atomic E-state index is -3.98. The number of amides is 1. The fourth-order valence-corrected chi connectivity index (χ4v) is 4.67. The molecule has 1 N–H and O–H groups in total. The molecule has 0 bridgehead atoms. The summed E-state index contributed by atoms with van der Waals surface area (Å²) in [5, 5.41) is 0.648. The fraction of sp³-hybridized carbons (Fsp3) is 0.136. The number of para-hydroxylation sites is 1. The maximum absolute atomic E-state index is 12.9. The van der Waals surface area contributed by atoms with E-state index in [1.807, 2.05) is 18.2 Å². The van der Waals surface area contributed by atoms with Gasteiger partial charge in [0.2, 0.25) is 0 Å². The molecule has 156 valence electrons. The highest BCUT2D eigenvalue weighted by molar-refractivity contribution is 7.92. The zero-order valence-electron chi connectivity index (χ0n) is 16.4. The molecule has 1 amide bonds. The zero-order valence-corrected chi connectivity index (χ0v) is 18.7. The second-order valence-electron chi connectivity index (χ2n) is 6.85. The molecule has 0 atom stereocenters. The second-order valence-corrected chi connectivity index (χ2v) is 9.35. The van der Waals surface area contributed by atoms with Gasteiger partial charge in [-0.3, -0.25) is 9.52 Å². The summed E-state index contributed by atoms with van der Waals surface area (Å²) < 4.78 is 28.4. The van der Waals surface area contributed by atoms with Crippen molar-refractivity contribution >= 4 is 44.8 Å². The van der Waals surface area contributed by atoms with E-state index >= 15 is 0 Å². The molecule has 8 heteroatoms. The molecule has 0 aliphatic rings. The number of anilines is 1. The second kappa shape index (κ2) is 9.08. The Kier molecular flexibility index (Phi) is 6.71. The van der Waals surface area contributed by atoms with E-state index in [1.165, 1.54) is 23.1 Å². The lowest BCUT2D eigenvalue weighted by Gasteiger charge is -2.18. The predicted octanol–water partition coefficient (Wildman–Crippen LogP) is 5.37. The molecule has 0 unspecified atom stereocenters. The third kappa shape index (κ3) is 5.14. The van der Waals surface area contributed by atoms with Crippen LogP contribution in [0.25, 0.3) is 0 Å². The Labute approximate surface area is 186 Å². The van der Waals surface area contributed by atoms with Crippen molar-refractivity contribution in [3.8, 4) is 0 Å². The van der Waals surface area contributed by atoms with E-state index in [2.05, 4.69) is 4.72 Å². The lowest BCUT2D eigenvalue weighted by molar-refractivity contribution is 0.0785. The first-order valence-corrected chi connectivity index (χ1v) is 11.3. The maximum Gasteiger partial charge on any atom is 0.263 e. The minimum absolute atomic E-state index is 0.0352. The van der Waals surface area contributed by atoms with Crippen molar-refractivity contribution < 1.29 is 13.2 Å². The van der Waals surface area contributed by atoms with E-state index in [9.17, 15) is 13.2 Å². The number of hydrogen-bond donors (Lipinski definition) is 1. The smallest absolute Gasteiger partial charge is 0.263 e. The molecule has 0 heterocycles. The molecule has 5 nitrogen and oxygen atoms in total. The Hall–Kier alpha value is -2.54. The number of carbonyl (C=O) groups is 1. The topological polar surface area (TPSA) is 66.5 Å². The maximum atomic E-state index is 12.9. The number of sulfonamides is 1. The summed E-state index contributed by atoms with van der Waals surface area (Å²) >= 11 is 12.1. The molecule has 0 aliphatic heterocycles. The number of aryl methyl sites for hydroxylation is 1.